The van der Waals surface area contributed by atoms with Gasteiger partial charge in [0, 0.05) is 45.5 Å². The van der Waals surface area contributed by atoms with E-state index in [0.29, 0.717) is 25.9 Å². The third-order valence-corrected chi connectivity index (χ3v) is 5.24. The van der Waals surface area contributed by atoms with E-state index in [2.05, 4.69) is 10.3 Å². The number of anilines is 1. The number of hydrogen-bond acceptors (Lipinski definition) is 5. The van der Waals surface area contributed by atoms with E-state index in [-0.39, 0.29) is 18.4 Å². The lowest BCUT2D eigenvalue weighted by molar-refractivity contribution is -0.126. The second-order valence-electron chi connectivity index (χ2n) is 6.06. The normalized spacial score (nSPS) is 19.3. The van der Waals surface area contributed by atoms with Crippen LogP contribution in [0.3, 0.4) is 0 Å². The fraction of sp³-hybridized carbons (Fsp3) is 0.600. The molecular formula is C15H24N4O3S. The van der Waals surface area contributed by atoms with Crippen LogP contribution in [-0.2, 0) is 21.4 Å². The predicted octanol–water partition coefficient (Wildman–Crippen LogP) is 0.435. The first-order valence-corrected chi connectivity index (χ1v) is 9.48. The van der Waals surface area contributed by atoms with Gasteiger partial charge < -0.3 is 10.2 Å². The van der Waals surface area contributed by atoms with Crippen molar-refractivity contribution in [1.82, 2.24) is 14.6 Å². The number of carbonyl (C=O) groups is 1. The highest BCUT2D eigenvalue weighted by molar-refractivity contribution is 7.88. The second kappa shape index (κ2) is 7.27. The molecule has 1 aliphatic heterocycles. The summed E-state index contributed by atoms with van der Waals surface area (Å²) in [5, 5.41) is 2.91. The van der Waals surface area contributed by atoms with Crippen molar-refractivity contribution in [2.75, 3.05) is 38.3 Å². The van der Waals surface area contributed by atoms with Gasteiger partial charge in [0.2, 0.25) is 15.9 Å². The maximum absolute atomic E-state index is 12.4. The van der Waals surface area contributed by atoms with Crippen molar-refractivity contribution in [3.63, 3.8) is 0 Å². The lowest BCUT2D eigenvalue weighted by atomic mass is 9.99. The molecule has 0 aromatic carbocycles. The standard InChI is InChI=1S/C15H24N4O3S/c1-18(2)14-12(6-4-8-16-14)10-17-15(20)13-7-5-9-19(11-13)23(3,21)22/h4,6,8,13H,5,7,9-11H2,1-3H3,(H,17,20)/t13-/m0/s1. The smallest absolute Gasteiger partial charge is 0.224 e. The topological polar surface area (TPSA) is 82.6 Å². The summed E-state index contributed by atoms with van der Waals surface area (Å²) in [6.45, 7) is 1.14. The van der Waals surface area contributed by atoms with Crippen molar-refractivity contribution in [2.45, 2.75) is 19.4 Å². The number of sulfonamides is 1. The van der Waals surface area contributed by atoms with Gasteiger partial charge in [0.25, 0.3) is 0 Å². The van der Waals surface area contributed by atoms with E-state index in [4.69, 9.17) is 0 Å². The van der Waals surface area contributed by atoms with E-state index in [1.807, 2.05) is 31.1 Å². The largest absolute Gasteiger partial charge is 0.362 e. The number of rotatable bonds is 5. The van der Waals surface area contributed by atoms with Crippen LogP contribution >= 0.6 is 0 Å². The molecule has 1 aliphatic rings. The fourth-order valence-corrected chi connectivity index (χ4v) is 3.67. The molecule has 0 spiro atoms. The molecule has 7 nitrogen and oxygen atoms in total. The van der Waals surface area contributed by atoms with Crippen LogP contribution in [0, 0.1) is 5.92 Å². The number of nitrogens with zero attached hydrogens (tertiary/aromatic N) is 3. The Bertz CT molecular complexity index is 660. The first-order chi connectivity index (χ1) is 10.8. The van der Waals surface area contributed by atoms with Crippen LogP contribution in [0.5, 0.6) is 0 Å². The monoisotopic (exact) mass is 340 g/mol. The number of carbonyl (C=O) groups excluding carboxylic acids is 1. The zero-order valence-electron chi connectivity index (χ0n) is 13.8. The number of hydrogen-bond donors (Lipinski definition) is 1. The molecule has 8 heteroatoms. The summed E-state index contributed by atoms with van der Waals surface area (Å²) in [4.78, 5) is 18.6. The van der Waals surface area contributed by atoms with Crippen molar-refractivity contribution in [3.8, 4) is 0 Å². The van der Waals surface area contributed by atoms with Gasteiger partial charge in [-0.3, -0.25) is 4.79 Å². The Morgan fingerprint density at radius 2 is 2.22 bits per heavy atom. The van der Waals surface area contributed by atoms with Gasteiger partial charge in [-0.15, -0.1) is 0 Å². The molecule has 1 aromatic heterocycles. The molecule has 0 bridgehead atoms. The van der Waals surface area contributed by atoms with E-state index in [1.165, 1.54) is 10.6 Å². The van der Waals surface area contributed by atoms with E-state index in [9.17, 15) is 13.2 Å². The molecule has 1 fully saturated rings. The highest BCUT2D eigenvalue weighted by atomic mass is 32.2. The van der Waals surface area contributed by atoms with E-state index >= 15 is 0 Å². The van der Waals surface area contributed by atoms with Crippen molar-refractivity contribution in [3.05, 3.63) is 23.9 Å². The van der Waals surface area contributed by atoms with Gasteiger partial charge in [-0.2, -0.15) is 0 Å². The van der Waals surface area contributed by atoms with Gasteiger partial charge in [0.15, 0.2) is 0 Å². The Hall–Kier alpha value is -1.67. The van der Waals surface area contributed by atoms with Crippen LogP contribution in [0.4, 0.5) is 5.82 Å². The molecule has 0 aliphatic carbocycles. The molecule has 2 heterocycles. The Kier molecular flexibility index (Phi) is 5.59. The molecular weight excluding hydrogens is 316 g/mol. The fourth-order valence-electron chi connectivity index (χ4n) is 2.76. The van der Waals surface area contributed by atoms with E-state index in [1.54, 1.807) is 6.20 Å². The summed E-state index contributed by atoms with van der Waals surface area (Å²) in [6.07, 6.45) is 4.32. The summed E-state index contributed by atoms with van der Waals surface area (Å²) < 4.78 is 24.7. The minimum absolute atomic E-state index is 0.105. The van der Waals surface area contributed by atoms with Gasteiger partial charge in [-0.25, -0.2) is 17.7 Å². The summed E-state index contributed by atoms with van der Waals surface area (Å²) in [5.74, 6) is 0.416. The number of pyridine rings is 1. The van der Waals surface area contributed by atoms with Gasteiger partial charge in [0.1, 0.15) is 5.82 Å². The summed E-state index contributed by atoms with van der Waals surface area (Å²) in [6, 6.07) is 3.76. The number of aromatic nitrogens is 1. The van der Waals surface area contributed by atoms with Gasteiger partial charge in [-0.1, -0.05) is 6.07 Å². The van der Waals surface area contributed by atoms with Crippen molar-refractivity contribution < 1.29 is 13.2 Å². The summed E-state index contributed by atoms with van der Waals surface area (Å²) in [7, 11) is 0.562. The Balaban J connectivity index is 1.98. The van der Waals surface area contributed by atoms with Gasteiger partial charge in [-0.05, 0) is 18.9 Å². The SMILES string of the molecule is CN(C)c1ncccc1CNC(=O)[C@H]1CCCN(S(C)(=O)=O)C1. The average Bonchev–Trinajstić information content (AvgIpc) is 2.52. The highest BCUT2D eigenvalue weighted by Crippen LogP contribution is 2.19. The molecule has 2 rings (SSSR count). The van der Waals surface area contributed by atoms with Gasteiger partial charge in [0.05, 0.1) is 12.2 Å². The molecule has 0 saturated carbocycles. The first kappa shape index (κ1) is 17.7. The number of amides is 1. The Labute approximate surface area is 137 Å². The minimum Gasteiger partial charge on any atom is -0.362 e. The quantitative estimate of drug-likeness (QED) is 0.841. The van der Waals surface area contributed by atoms with Gasteiger partial charge >= 0.3 is 0 Å². The van der Waals surface area contributed by atoms with Crippen LogP contribution in [0.2, 0.25) is 0 Å². The Morgan fingerprint density at radius 1 is 1.48 bits per heavy atom. The van der Waals surface area contributed by atoms with Crippen LogP contribution in [0.15, 0.2) is 18.3 Å². The van der Waals surface area contributed by atoms with Crippen molar-refractivity contribution in [1.29, 1.82) is 0 Å². The zero-order chi connectivity index (χ0) is 17.0. The number of piperidine rings is 1. The first-order valence-electron chi connectivity index (χ1n) is 7.63. The molecule has 1 N–H and O–H groups in total. The Morgan fingerprint density at radius 3 is 2.87 bits per heavy atom. The van der Waals surface area contributed by atoms with E-state index < -0.39 is 10.0 Å². The maximum Gasteiger partial charge on any atom is 0.224 e. The molecule has 1 atom stereocenters. The average molecular weight is 340 g/mol. The zero-order valence-corrected chi connectivity index (χ0v) is 14.6. The highest BCUT2D eigenvalue weighted by Gasteiger charge is 2.30. The molecule has 128 valence electrons. The molecule has 23 heavy (non-hydrogen) atoms. The lowest BCUT2D eigenvalue weighted by Gasteiger charge is -2.30. The van der Waals surface area contributed by atoms with Crippen LogP contribution < -0.4 is 10.2 Å². The van der Waals surface area contributed by atoms with Crippen LogP contribution in [-0.4, -0.2) is 57.1 Å². The van der Waals surface area contributed by atoms with Crippen molar-refractivity contribution in [2.24, 2.45) is 5.92 Å². The lowest BCUT2D eigenvalue weighted by Crippen LogP contribution is -2.44. The van der Waals surface area contributed by atoms with Crippen LogP contribution in [0.1, 0.15) is 18.4 Å². The third-order valence-electron chi connectivity index (χ3n) is 3.97. The molecule has 1 amide bonds. The molecule has 0 unspecified atom stereocenters. The molecule has 0 radical (unpaired) electrons. The summed E-state index contributed by atoms with van der Waals surface area (Å²) >= 11 is 0. The maximum atomic E-state index is 12.4. The third kappa shape index (κ3) is 4.65. The molecule has 1 aromatic rings. The van der Waals surface area contributed by atoms with E-state index in [0.717, 1.165) is 11.4 Å². The van der Waals surface area contributed by atoms with Crippen LogP contribution in [0.25, 0.3) is 0 Å². The number of nitrogens with one attached hydrogen (secondary N) is 1. The second-order valence-corrected chi connectivity index (χ2v) is 8.04. The predicted molar refractivity (Wildman–Crippen MR) is 89.6 cm³/mol. The van der Waals surface area contributed by atoms with Crippen molar-refractivity contribution >= 4 is 21.7 Å². The summed E-state index contributed by atoms with van der Waals surface area (Å²) in [5.41, 5.74) is 0.932. The molecule has 1 saturated heterocycles. The minimum atomic E-state index is -3.24.